The monoisotopic (exact) mass is 340 g/mol. The number of nitrogens with one attached hydrogen (secondary N) is 2. The number of piperidine rings is 1. The van der Waals surface area contributed by atoms with Gasteiger partial charge in [-0.05, 0) is 31.4 Å². The summed E-state index contributed by atoms with van der Waals surface area (Å²) in [6.45, 7) is 4.20. The average Bonchev–Trinajstić information content (AvgIpc) is 2.48. The molecule has 2 N–H and O–H groups in total. The van der Waals surface area contributed by atoms with Crippen LogP contribution in [0.15, 0.2) is 24.5 Å². The molecular weight excluding hydrogens is 316 g/mol. The Morgan fingerprint density at radius 1 is 1.43 bits per heavy atom. The molecule has 1 unspecified atom stereocenters. The second kappa shape index (κ2) is 7.85. The fourth-order valence-corrected chi connectivity index (χ4v) is 3.44. The third-order valence-electron chi connectivity index (χ3n) is 3.85. The lowest BCUT2D eigenvalue weighted by Crippen LogP contribution is -2.50. The van der Waals surface area contributed by atoms with Crippen molar-refractivity contribution in [3.05, 3.63) is 30.1 Å². The van der Waals surface area contributed by atoms with Gasteiger partial charge in [-0.2, -0.15) is 0 Å². The van der Waals surface area contributed by atoms with Crippen molar-refractivity contribution in [1.29, 1.82) is 0 Å². The smallest absolute Gasteiger partial charge is 0.238 e. The number of likely N-dealkylation sites (tertiary alicyclic amines) is 1. The summed E-state index contributed by atoms with van der Waals surface area (Å²) < 4.78 is 24.6. The summed E-state index contributed by atoms with van der Waals surface area (Å²) in [5.74, 6) is -0.277. The van der Waals surface area contributed by atoms with Gasteiger partial charge in [0.15, 0.2) is 0 Å². The predicted octanol–water partition coefficient (Wildman–Crippen LogP) is 0.0999. The van der Waals surface area contributed by atoms with Crippen molar-refractivity contribution in [2.75, 3.05) is 19.3 Å². The maximum atomic E-state index is 12.0. The highest BCUT2D eigenvalue weighted by atomic mass is 32.2. The van der Waals surface area contributed by atoms with Crippen LogP contribution in [0.25, 0.3) is 0 Å². The van der Waals surface area contributed by atoms with Crippen LogP contribution in [0.3, 0.4) is 0 Å². The van der Waals surface area contributed by atoms with E-state index in [0.717, 1.165) is 38.7 Å². The van der Waals surface area contributed by atoms with E-state index in [2.05, 4.69) is 26.0 Å². The summed E-state index contributed by atoms with van der Waals surface area (Å²) in [7, 11) is -3.38. The van der Waals surface area contributed by atoms with E-state index in [4.69, 9.17) is 0 Å². The molecule has 0 aliphatic carbocycles. The van der Waals surface area contributed by atoms with Gasteiger partial charge in [-0.15, -0.1) is 0 Å². The third-order valence-corrected chi connectivity index (χ3v) is 4.63. The topological polar surface area (TPSA) is 91.4 Å². The third kappa shape index (κ3) is 6.25. The summed E-state index contributed by atoms with van der Waals surface area (Å²) in [4.78, 5) is 18.4. The minimum atomic E-state index is -3.38. The minimum absolute atomic E-state index is 0.0939. The number of hydrogen-bond acceptors (Lipinski definition) is 5. The van der Waals surface area contributed by atoms with E-state index >= 15 is 0 Å². The van der Waals surface area contributed by atoms with Gasteiger partial charge in [0.1, 0.15) is 0 Å². The first-order chi connectivity index (χ1) is 10.8. The van der Waals surface area contributed by atoms with Crippen LogP contribution >= 0.6 is 0 Å². The van der Waals surface area contributed by atoms with Crippen LogP contribution in [0, 0.1) is 0 Å². The van der Waals surface area contributed by atoms with Crippen LogP contribution in [0.5, 0.6) is 0 Å². The molecule has 1 amide bonds. The first-order valence-corrected chi connectivity index (χ1v) is 9.61. The minimum Gasteiger partial charge on any atom is -0.352 e. The molecule has 0 spiro atoms. The quantitative estimate of drug-likeness (QED) is 0.766. The van der Waals surface area contributed by atoms with Crippen molar-refractivity contribution < 1.29 is 13.2 Å². The number of rotatable bonds is 6. The number of pyridine rings is 1. The molecule has 0 bridgehead atoms. The standard InChI is InChI=1S/C15H24N4O3S/c1-12(18-23(2,21)22)15(20)17-14-5-8-19(9-6-14)11-13-4-3-7-16-10-13/h3-4,7,10,12,14,18H,5-6,8-9,11H2,1-2H3,(H,17,20). The maximum absolute atomic E-state index is 12.0. The van der Waals surface area contributed by atoms with Crippen LogP contribution in [-0.2, 0) is 21.4 Å². The molecule has 1 aromatic rings. The molecule has 1 saturated heterocycles. The highest BCUT2D eigenvalue weighted by molar-refractivity contribution is 7.88. The second-order valence-electron chi connectivity index (χ2n) is 6.03. The van der Waals surface area contributed by atoms with Crippen LogP contribution in [0.4, 0.5) is 0 Å². The molecule has 1 fully saturated rings. The van der Waals surface area contributed by atoms with Gasteiger partial charge in [0.2, 0.25) is 15.9 Å². The molecule has 23 heavy (non-hydrogen) atoms. The van der Waals surface area contributed by atoms with Gasteiger partial charge < -0.3 is 5.32 Å². The molecule has 0 saturated carbocycles. The summed E-state index contributed by atoms with van der Waals surface area (Å²) in [6.07, 6.45) is 6.40. The molecule has 0 radical (unpaired) electrons. The number of hydrogen-bond donors (Lipinski definition) is 2. The van der Waals surface area contributed by atoms with Crippen molar-refractivity contribution >= 4 is 15.9 Å². The SMILES string of the molecule is CC(NS(C)(=O)=O)C(=O)NC1CCN(Cc2cccnc2)CC1. The zero-order chi connectivity index (χ0) is 16.9. The molecule has 7 nitrogen and oxygen atoms in total. The molecule has 1 aliphatic rings. The molecule has 2 rings (SSSR count). The van der Waals surface area contributed by atoms with Crippen LogP contribution < -0.4 is 10.0 Å². The van der Waals surface area contributed by atoms with Crippen LogP contribution in [0.1, 0.15) is 25.3 Å². The van der Waals surface area contributed by atoms with Crippen LogP contribution in [0.2, 0.25) is 0 Å². The summed E-state index contributed by atoms with van der Waals surface area (Å²) in [5.41, 5.74) is 1.18. The Hall–Kier alpha value is -1.51. The molecule has 2 heterocycles. The van der Waals surface area contributed by atoms with Gasteiger partial charge in [0, 0.05) is 38.1 Å². The second-order valence-corrected chi connectivity index (χ2v) is 7.81. The Bertz CT molecular complexity index is 613. The fourth-order valence-electron chi connectivity index (χ4n) is 2.69. The van der Waals surface area contributed by atoms with Gasteiger partial charge >= 0.3 is 0 Å². The summed E-state index contributed by atoms with van der Waals surface area (Å²) >= 11 is 0. The average molecular weight is 340 g/mol. The lowest BCUT2D eigenvalue weighted by molar-refractivity contribution is -0.123. The molecular formula is C15H24N4O3S. The van der Waals surface area contributed by atoms with E-state index in [1.165, 1.54) is 5.56 Å². The Labute approximate surface area is 137 Å². The molecule has 1 aromatic heterocycles. The largest absolute Gasteiger partial charge is 0.352 e. The summed E-state index contributed by atoms with van der Waals surface area (Å²) in [6, 6.07) is 3.33. The fraction of sp³-hybridized carbons (Fsp3) is 0.600. The zero-order valence-corrected chi connectivity index (χ0v) is 14.3. The van der Waals surface area contributed by atoms with E-state index in [1.807, 2.05) is 12.3 Å². The number of carbonyl (C=O) groups excluding carboxylic acids is 1. The van der Waals surface area contributed by atoms with Crippen molar-refractivity contribution in [2.24, 2.45) is 0 Å². The highest BCUT2D eigenvalue weighted by Gasteiger charge is 2.24. The number of aromatic nitrogens is 1. The lowest BCUT2D eigenvalue weighted by Gasteiger charge is -2.32. The molecule has 8 heteroatoms. The van der Waals surface area contributed by atoms with Crippen molar-refractivity contribution in [2.45, 2.75) is 38.4 Å². The van der Waals surface area contributed by atoms with Crippen molar-refractivity contribution in [1.82, 2.24) is 19.9 Å². The number of sulfonamides is 1. The summed E-state index contributed by atoms with van der Waals surface area (Å²) in [5, 5.41) is 2.92. The van der Waals surface area contributed by atoms with E-state index in [0.29, 0.717) is 0 Å². The zero-order valence-electron chi connectivity index (χ0n) is 13.5. The predicted molar refractivity (Wildman–Crippen MR) is 88.1 cm³/mol. The van der Waals surface area contributed by atoms with Gasteiger partial charge in [0.05, 0.1) is 12.3 Å². The molecule has 1 atom stereocenters. The van der Waals surface area contributed by atoms with Crippen molar-refractivity contribution in [3.8, 4) is 0 Å². The number of nitrogens with zero attached hydrogens (tertiary/aromatic N) is 2. The van der Waals surface area contributed by atoms with E-state index in [9.17, 15) is 13.2 Å². The van der Waals surface area contributed by atoms with E-state index in [-0.39, 0.29) is 11.9 Å². The Balaban J connectivity index is 1.75. The van der Waals surface area contributed by atoms with Gasteiger partial charge in [0.25, 0.3) is 0 Å². The van der Waals surface area contributed by atoms with E-state index in [1.54, 1.807) is 13.1 Å². The number of carbonyl (C=O) groups is 1. The molecule has 0 aromatic carbocycles. The first-order valence-electron chi connectivity index (χ1n) is 7.72. The number of amides is 1. The lowest BCUT2D eigenvalue weighted by atomic mass is 10.0. The van der Waals surface area contributed by atoms with Gasteiger partial charge in [-0.25, -0.2) is 13.1 Å². The first kappa shape index (κ1) is 17.8. The van der Waals surface area contributed by atoms with Gasteiger partial charge in [-0.3, -0.25) is 14.7 Å². The maximum Gasteiger partial charge on any atom is 0.238 e. The van der Waals surface area contributed by atoms with E-state index < -0.39 is 16.1 Å². The normalized spacial score (nSPS) is 18.5. The Morgan fingerprint density at radius 2 is 2.13 bits per heavy atom. The van der Waals surface area contributed by atoms with Crippen molar-refractivity contribution in [3.63, 3.8) is 0 Å². The Morgan fingerprint density at radius 3 is 2.70 bits per heavy atom. The Kier molecular flexibility index (Phi) is 6.09. The van der Waals surface area contributed by atoms with Gasteiger partial charge in [-0.1, -0.05) is 6.07 Å². The highest BCUT2D eigenvalue weighted by Crippen LogP contribution is 2.13. The van der Waals surface area contributed by atoms with Crippen LogP contribution in [-0.4, -0.2) is 55.6 Å². The molecule has 128 valence electrons. The molecule has 1 aliphatic heterocycles.